The van der Waals surface area contributed by atoms with Gasteiger partial charge in [-0.15, -0.1) is 0 Å². The molecule has 0 saturated heterocycles. The maximum atomic E-state index is 11.9. The van der Waals surface area contributed by atoms with Crippen molar-refractivity contribution in [2.75, 3.05) is 0 Å². The number of hydrogen-bond donors (Lipinski definition) is 0. The van der Waals surface area contributed by atoms with E-state index in [1.165, 1.54) is 0 Å². The Bertz CT molecular complexity index is 783. The molecule has 5 heteroatoms. The predicted octanol–water partition coefficient (Wildman–Crippen LogP) is 4.45. The number of esters is 1. The van der Waals surface area contributed by atoms with Gasteiger partial charge in [-0.2, -0.15) is 0 Å². The summed E-state index contributed by atoms with van der Waals surface area (Å²) in [6.07, 6.45) is 1.62. The fourth-order valence-electron chi connectivity index (χ4n) is 1.89. The van der Waals surface area contributed by atoms with Crippen LogP contribution in [-0.2, 0) is 9.53 Å². The average Bonchev–Trinajstić information content (AvgIpc) is 2.83. The van der Waals surface area contributed by atoms with E-state index in [-0.39, 0.29) is 5.70 Å². The summed E-state index contributed by atoms with van der Waals surface area (Å²) >= 11 is 9.45. The number of carbonyl (C=O) groups is 1. The van der Waals surface area contributed by atoms with Crippen LogP contribution in [0, 0.1) is 0 Å². The van der Waals surface area contributed by atoms with E-state index in [2.05, 4.69) is 20.9 Å². The lowest BCUT2D eigenvalue weighted by Gasteiger charge is -1.99. The molecule has 3 rings (SSSR count). The fraction of sp³-hybridized carbons (Fsp3) is 0. The highest BCUT2D eigenvalue weighted by atomic mass is 79.9. The minimum Gasteiger partial charge on any atom is -0.402 e. The minimum atomic E-state index is -0.482. The Labute approximate surface area is 135 Å². The van der Waals surface area contributed by atoms with Gasteiger partial charge in [0.1, 0.15) is 0 Å². The number of benzene rings is 2. The summed E-state index contributed by atoms with van der Waals surface area (Å²) in [6, 6.07) is 14.7. The van der Waals surface area contributed by atoms with Crippen molar-refractivity contribution in [1.82, 2.24) is 0 Å². The molecule has 0 unspecified atom stereocenters. The Morgan fingerprint density at radius 1 is 1.14 bits per heavy atom. The highest BCUT2D eigenvalue weighted by Gasteiger charge is 2.24. The number of ether oxygens (including phenoxy) is 1. The quantitative estimate of drug-likeness (QED) is 0.585. The van der Waals surface area contributed by atoms with Crippen LogP contribution in [0.15, 0.2) is 63.7 Å². The number of rotatable bonds is 2. The Morgan fingerprint density at radius 2 is 1.95 bits per heavy atom. The summed E-state index contributed by atoms with van der Waals surface area (Å²) < 4.78 is 6.10. The van der Waals surface area contributed by atoms with E-state index < -0.39 is 5.97 Å². The molecule has 0 atom stereocenters. The van der Waals surface area contributed by atoms with Crippen molar-refractivity contribution in [1.29, 1.82) is 0 Å². The SMILES string of the molecule is O=C1OC(c2cccc(Br)c2)=N/C1=C/c1ccccc1Cl. The van der Waals surface area contributed by atoms with Crippen LogP contribution in [-0.4, -0.2) is 11.9 Å². The standard InChI is InChI=1S/C16H9BrClNO2/c17-12-6-3-5-11(8-12)15-19-14(16(20)21-15)9-10-4-1-2-7-13(10)18/h1-9H/b14-9+. The van der Waals surface area contributed by atoms with Crippen LogP contribution in [0.1, 0.15) is 11.1 Å². The molecule has 21 heavy (non-hydrogen) atoms. The van der Waals surface area contributed by atoms with Gasteiger partial charge in [-0.05, 0) is 35.9 Å². The number of carbonyl (C=O) groups excluding carboxylic acids is 1. The normalized spacial score (nSPS) is 16.0. The van der Waals surface area contributed by atoms with Crippen LogP contribution in [0.4, 0.5) is 0 Å². The third-order valence-corrected chi connectivity index (χ3v) is 3.73. The van der Waals surface area contributed by atoms with Gasteiger partial charge in [-0.3, -0.25) is 0 Å². The molecule has 1 aliphatic heterocycles. The van der Waals surface area contributed by atoms with Crippen molar-refractivity contribution in [2.45, 2.75) is 0 Å². The lowest BCUT2D eigenvalue weighted by atomic mass is 10.2. The van der Waals surface area contributed by atoms with Gasteiger partial charge in [-0.1, -0.05) is 51.8 Å². The summed E-state index contributed by atoms with van der Waals surface area (Å²) in [4.78, 5) is 16.1. The van der Waals surface area contributed by atoms with Gasteiger partial charge in [0.2, 0.25) is 5.90 Å². The Morgan fingerprint density at radius 3 is 2.71 bits per heavy atom. The largest absolute Gasteiger partial charge is 0.402 e. The topological polar surface area (TPSA) is 38.7 Å². The molecule has 0 radical (unpaired) electrons. The lowest BCUT2D eigenvalue weighted by molar-refractivity contribution is -0.129. The molecule has 0 fully saturated rings. The van der Waals surface area contributed by atoms with Crippen LogP contribution in [0.3, 0.4) is 0 Å². The number of cyclic esters (lactones) is 1. The lowest BCUT2D eigenvalue weighted by Crippen LogP contribution is -2.05. The second-order valence-corrected chi connectivity index (χ2v) is 5.69. The zero-order valence-corrected chi connectivity index (χ0v) is 13.1. The first-order valence-electron chi connectivity index (χ1n) is 6.16. The zero-order chi connectivity index (χ0) is 14.8. The fourth-order valence-corrected chi connectivity index (χ4v) is 2.48. The van der Waals surface area contributed by atoms with Gasteiger partial charge >= 0.3 is 5.97 Å². The number of halogens is 2. The van der Waals surface area contributed by atoms with Gasteiger partial charge in [0.05, 0.1) is 0 Å². The first kappa shape index (κ1) is 14.0. The Balaban J connectivity index is 1.98. The van der Waals surface area contributed by atoms with Gasteiger partial charge in [0.25, 0.3) is 0 Å². The maximum Gasteiger partial charge on any atom is 0.363 e. The van der Waals surface area contributed by atoms with Crippen molar-refractivity contribution in [3.63, 3.8) is 0 Å². The molecule has 0 aromatic heterocycles. The molecule has 3 nitrogen and oxygen atoms in total. The Hall–Kier alpha value is -1.91. The Kier molecular flexibility index (Phi) is 3.90. The van der Waals surface area contributed by atoms with E-state index in [0.717, 1.165) is 15.6 Å². The molecule has 0 N–H and O–H groups in total. The highest BCUT2D eigenvalue weighted by molar-refractivity contribution is 9.10. The molecule has 0 bridgehead atoms. The average molecular weight is 363 g/mol. The molecule has 0 amide bonds. The second kappa shape index (κ2) is 5.84. The maximum absolute atomic E-state index is 11.9. The summed E-state index contributed by atoms with van der Waals surface area (Å²) in [5.41, 5.74) is 1.70. The number of hydrogen-bond acceptors (Lipinski definition) is 3. The molecule has 0 spiro atoms. The summed E-state index contributed by atoms with van der Waals surface area (Å²) in [5, 5.41) is 0.559. The number of aliphatic imine (C=N–C) groups is 1. The third-order valence-electron chi connectivity index (χ3n) is 2.89. The zero-order valence-electron chi connectivity index (χ0n) is 10.7. The number of nitrogens with zero attached hydrogens (tertiary/aromatic N) is 1. The van der Waals surface area contributed by atoms with Crippen molar-refractivity contribution in [3.8, 4) is 0 Å². The van der Waals surface area contributed by atoms with E-state index >= 15 is 0 Å². The molecule has 0 aliphatic carbocycles. The van der Waals surface area contributed by atoms with Crippen molar-refractivity contribution >= 4 is 45.5 Å². The van der Waals surface area contributed by atoms with E-state index in [1.54, 1.807) is 12.1 Å². The minimum absolute atomic E-state index is 0.234. The smallest absolute Gasteiger partial charge is 0.363 e. The highest BCUT2D eigenvalue weighted by Crippen LogP contribution is 2.23. The van der Waals surface area contributed by atoms with Crippen LogP contribution in [0.2, 0.25) is 5.02 Å². The first-order valence-corrected chi connectivity index (χ1v) is 7.33. The van der Waals surface area contributed by atoms with Crippen molar-refractivity contribution in [2.24, 2.45) is 4.99 Å². The van der Waals surface area contributed by atoms with E-state index in [1.807, 2.05) is 42.5 Å². The van der Waals surface area contributed by atoms with E-state index in [0.29, 0.717) is 10.9 Å². The molecule has 2 aromatic rings. The van der Waals surface area contributed by atoms with Crippen LogP contribution < -0.4 is 0 Å². The molecule has 0 saturated carbocycles. The van der Waals surface area contributed by atoms with Crippen LogP contribution >= 0.6 is 27.5 Å². The molecule has 1 heterocycles. The predicted molar refractivity (Wildman–Crippen MR) is 86.2 cm³/mol. The molecular formula is C16H9BrClNO2. The van der Waals surface area contributed by atoms with Gasteiger partial charge in [0, 0.05) is 15.1 Å². The summed E-state index contributed by atoms with van der Waals surface area (Å²) in [5.74, 6) is -0.190. The first-order chi connectivity index (χ1) is 10.1. The van der Waals surface area contributed by atoms with Gasteiger partial charge in [0.15, 0.2) is 5.70 Å². The van der Waals surface area contributed by atoms with Crippen LogP contribution in [0.5, 0.6) is 0 Å². The van der Waals surface area contributed by atoms with E-state index in [4.69, 9.17) is 16.3 Å². The molecule has 104 valence electrons. The summed E-state index contributed by atoms with van der Waals surface area (Å²) in [7, 11) is 0. The molecule has 1 aliphatic rings. The summed E-state index contributed by atoms with van der Waals surface area (Å²) in [6.45, 7) is 0. The molecule has 2 aromatic carbocycles. The van der Waals surface area contributed by atoms with E-state index in [9.17, 15) is 4.79 Å². The second-order valence-electron chi connectivity index (χ2n) is 4.37. The van der Waals surface area contributed by atoms with Crippen molar-refractivity contribution in [3.05, 3.63) is 74.9 Å². The van der Waals surface area contributed by atoms with Crippen molar-refractivity contribution < 1.29 is 9.53 Å². The van der Waals surface area contributed by atoms with Crippen LogP contribution in [0.25, 0.3) is 6.08 Å². The monoisotopic (exact) mass is 361 g/mol. The van der Waals surface area contributed by atoms with Gasteiger partial charge < -0.3 is 4.74 Å². The van der Waals surface area contributed by atoms with Gasteiger partial charge in [-0.25, -0.2) is 9.79 Å². The molecular weight excluding hydrogens is 354 g/mol. The third kappa shape index (κ3) is 3.06.